The third kappa shape index (κ3) is 3.91. The summed E-state index contributed by atoms with van der Waals surface area (Å²) in [5.74, 6) is 1.02. The normalized spacial score (nSPS) is 11.4. The van der Waals surface area contributed by atoms with Gasteiger partial charge in [-0.1, -0.05) is 20.8 Å². The van der Waals surface area contributed by atoms with E-state index in [0.717, 1.165) is 6.54 Å². The van der Waals surface area contributed by atoms with Crippen LogP contribution in [0.15, 0.2) is 10.7 Å². The Morgan fingerprint density at radius 2 is 2.07 bits per heavy atom. The highest BCUT2D eigenvalue weighted by molar-refractivity contribution is 9.10. The molecule has 0 bridgehead atoms. The first-order valence-corrected chi connectivity index (χ1v) is 5.20. The number of aromatic nitrogens is 2. The molecule has 0 aromatic carbocycles. The van der Waals surface area contributed by atoms with Gasteiger partial charge in [-0.2, -0.15) is 4.98 Å². The van der Waals surface area contributed by atoms with E-state index in [-0.39, 0.29) is 5.41 Å². The smallest absolute Gasteiger partial charge is 0.225 e. The maximum absolute atomic E-state index is 5.58. The number of halogens is 1. The van der Waals surface area contributed by atoms with Crippen LogP contribution in [0.5, 0.6) is 0 Å². The fraction of sp³-hybridized carbons (Fsp3) is 0.556. The van der Waals surface area contributed by atoms with Crippen LogP contribution < -0.4 is 11.1 Å². The molecule has 0 aliphatic heterocycles. The summed E-state index contributed by atoms with van der Waals surface area (Å²) in [7, 11) is 0. The Bertz CT molecular complexity index is 299. The van der Waals surface area contributed by atoms with Crippen molar-refractivity contribution in [3.05, 3.63) is 10.7 Å². The molecule has 0 spiro atoms. The number of nitrogens with one attached hydrogen (secondary N) is 1. The molecule has 0 aliphatic carbocycles. The lowest BCUT2D eigenvalue weighted by molar-refractivity contribution is 0.442. The van der Waals surface area contributed by atoms with Crippen LogP contribution in [0.1, 0.15) is 20.8 Å². The molecule has 0 unspecified atom stereocenters. The molecule has 14 heavy (non-hydrogen) atoms. The minimum atomic E-state index is 0.195. The average molecular weight is 259 g/mol. The highest BCUT2D eigenvalue weighted by Gasteiger charge is 2.10. The number of rotatable bonds is 2. The largest absolute Gasteiger partial charge is 0.383 e. The molecular weight excluding hydrogens is 244 g/mol. The monoisotopic (exact) mass is 258 g/mol. The molecule has 0 amide bonds. The quantitative estimate of drug-likeness (QED) is 0.800. The summed E-state index contributed by atoms with van der Waals surface area (Å²) in [4.78, 5) is 8.21. The van der Waals surface area contributed by atoms with Gasteiger partial charge in [-0.05, 0) is 21.3 Å². The number of nitrogens with zero attached hydrogens (tertiary/aromatic N) is 2. The lowest BCUT2D eigenvalue weighted by atomic mass is 9.97. The average Bonchev–Trinajstić information content (AvgIpc) is 1.97. The summed E-state index contributed by atoms with van der Waals surface area (Å²) in [6, 6.07) is 1.67. The number of nitrogen functional groups attached to an aromatic ring is 1. The van der Waals surface area contributed by atoms with Crippen molar-refractivity contribution >= 4 is 27.7 Å². The fourth-order valence-corrected chi connectivity index (χ4v) is 1.26. The summed E-state index contributed by atoms with van der Waals surface area (Å²) in [5.41, 5.74) is 5.77. The highest BCUT2D eigenvalue weighted by atomic mass is 79.9. The minimum Gasteiger partial charge on any atom is -0.383 e. The zero-order valence-corrected chi connectivity index (χ0v) is 10.2. The Morgan fingerprint density at radius 1 is 1.43 bits per heavy atom. The molecule has 0 saturated heterocycles. The molecule has 1 aromatic rings. The second kappa shape index (κ2) is 4.13. The molecule has 0 radical (unpaired) electrons. The fourth-order valence-electron chi connectivity index (χ4n) is 0.858. The second-order valence-corrected chi connectivity index (χ2v) is 5.17. The summed E-state index contributed by atoms with van der Waals surface area (Å²) in [6.07, 6.45) is 0. The van der Waals surface area contributed by atoms with Crippen molar-refractivity contribution in [2.45, 2.75) is 20.8 Å². The van der Waals surface area contributed by atoms with Gasteiger partial charge in [-0.25, -0.2) is 4.98 Å². The van der Waals surface area contributed by atoms with E-state index >= 15 is 0 Å². The van der Waals surface area contributed by atoms with Crippen LogP contribution in [0.3, 0.4) is 0 Å². The van der Waals surface area contributed by atoms with Crippen LogP contribution in [0, 0.1) is 5.41 Å². The molecule has 1 aromatic heterocycles. The third-order valence-corrected chi connectivity index (χ3v) is 1.90. The number of hydrogen-bond donors (Lipinski definition) is 2. The second-order valence-electron chi connectivity index (χ2n) is 4.35. The van der Waals surface area contributed by atoms with Gasteiger partial charge in [-0.3, -0.25) is 0 Å². The van der Waals surface area contributed by atoms with Gasteiger partial charge in [0.1, 0.15) is 10.4 Å². The van der Waals surface area contributed by atoms with E-state index in [4.69, 9.17) is 5.73 Å². The van der Waals surface area contributed by atoms with Crippen molar-refractivity contribution in [2.24, 2.45) is 5.41 Å². The van der Waals surface area contributed by atoms with Gasteiger partial charge >= 0.3 is 0 Å². The van der Waals surface area contributed by atoms with Gasteiger partial charge in [-0.15, -0.1) is 0 Å². The Morgan fingerprint density at radius 3 is 2.57 bits per heavy atom. The molecule has 3 N–H and O–H groups in total. The molecule has 0 fully saturated rings. The Hall–Kier alpha value is -0.840. The van der Waals surface area contributed by atoms with Crippen LogP contribution in [0.4, 0.5) is 11.8 Å². The van der Waals surface area contributed by atoms with Crippen LogP contribution in [0.2, 0.25) is 0 Å². The van der Waals surface area contributed by atoms with Crippen LogP contribution in [-0.4, -0.2) is 16.5 Å². The van der Waals surface area contributed by atoms with Crippen molar-refractivity contribution in [1.82, 2.24) is 9.97 Å². The van der Waals surface area contributed by atoms with E-state index in [0.29, 0.717) is 16.4 Å². The van der Waals surface area contributed by atoms with E-state index in [1.807, 2.05) is 0 Å². The SMILES string of the molecule is CC(C)(C)CNc1nc(N)cc(Br)n1. The molecule has 0 atom stereocenters. The molecule has 1 rings (SSSR count). The summed E-state index contributed by atoms with van der Waals surface area (Å²) < 4.78 is 0.696. The summed E-state index contributed by atoms with van der Waals surface area (Å²) in [5, 5.41) is 3.13. The minimum absolute atomic E-state index is 0.195. The van der Waals surface area contributed by atoms with Crippen molar-refractivity contribution < 1.29 is 0 Å². The molecule has 0 saturated carbocycles. The Labute approximate surface area is 92.5 Å². The molecule has 5 heteroatoms. The molecule has 4 nitrogen and oxygen atoms in total. The van der Waals surface area contributed by atoms with Gasteiger partial charge in [0, 0.05) is 12.6 Å². The van der Waals surface area contributed by atoms with Crippen molar-refractivity contribution in [3.63, 3.8) is 0 Å². The molecule has 1 heterocycles. The standard InChI is InChI=1S/C9H15BrN4/c1-9(2,3)5-12-8-13-6(10)4-7(11)14-8/h4H,5H2,1-3H3,(H3,11,12,13,14). The predicted octanol–water partition coefficient (Wildman–Crippen LogP) is 2.28. The lowest BCUT2D eigenvalue weighted by Gasteiger charge is -2.18. The Balaban J connectivity index is 2.68. The number of anilines is 2. The lowest BCUT2D eigenvalue weighted by Crippen LogP contribution is -2.20. The number of nitrogens with two attached hydrogens (primary N) is 1. The number of hydrogen-bond acceptors (Lipinski definition) is 4. The van der Waals surface area contributed by atoms with Crippen LogP contribution >= 0.6 is 15.9 Å². The zero-order valence-electron chi connectivity index (χ0n) is 8.63. The highest BCUT2D eigenvalue weighted by Crippen LogP contribution is 2.16. The maximum Gasteiger partial charge on any atom is 0.225 e. The van der Waals surface area contributed by atoms with Gasteiger partial charge in [0.25, 0.3) is 0 Å². The first-order chi connectivity index (χ1) is 6.37. The predicted molar refractivity (Wildman–Crippen MR) is 62.1 cm³/mol. The van der Waals surface area contributed by atoms with Gasteiger partial charge in [0.05, 0.1) is 0 Å². The van der Waals surface area contributed by atoms with Gasteiger partial charge in [0.15, 0.2) is 0 Å². The van der Waals surface area contributed by atoms with E-state index < -0.39 is 0 Å². The van der Waals surface area contributed by atoms with E-state index in [2.05, 4.69) is 52.0 Å². The van der Waals surface area contributed by atoms with Gasteiger partial charge < -0.3 is 11.1 Å². The third-order valence-electron chi connectivity index (χ3n) is 1.49. The summed E-state index contributed by atoms with van der Waals surface area (Å²) >= 11 is 3.26. The van der Waals surface area contributed by atoms with Crippen molar-refractivity contribution in [1.29, 1.82) is 0 Å². The van der Waals surface area contributed by atoms with Gasteiger partial charge in [0.2, 0.25) is 5.95 Å². The Kier molecular flexibility index (Phi) is 3.31. The van der Waals surface area contributed by atoms with E-state index in [1.54, 1.807) is 6.07 Å². The first-order valence-electron chi connectivity index (χ1n) is 4.41. The van der Waals surface area contributed by atoms with Crippen molar-refractivity contribution in [3.8, 4) is 0 Å². The molecule has 78 valence electrons. The molecular formula is C9H15BrN4. The van der Waals surface area contributed by atoms with Crippen LogP contribution in [0.25, 0.3) is 0 Å². The van der Waals surface area contributed by atoms with E-state index in [9.17, 15) is 0 Å². The van der Waals surface area contributed by atoms with Crippen LogP contribution in [-0.2, 0) is 0 Å². The van der Waals surface area contributed by atoms with Crippen molar-refractivity contribution in [2.75, 3.05) is 17.6 Å². The van der Waals surface area contributed by atoms with E-state index in [1.165, 1.54) is 0 Å². The zero-order chi connectivity index (χ0) is 10.8. The molecule has 0 aliphatic rings. The summed E-state index contributed by atoms with van der Waals surface area (Å²) in [6.45, 7) is 7.23. The topological polar surface area (TPSA) is 63.8 Å². The maximum atomic E-state index is 5.58. The first kappa shape index (κ1) is 11.2.